The number of aromatic nitrogens is 2. The molecule has 0 amide bonds. The Bertz CT molecular complexity index is 665. The lowest BCUT2D eigenvalue weighted by Gasteiger charge is -2.19. The first kappa shape index (κ1) is 14.0. The molecule has 3 heterocycles. The zero-order valence-corrected chi connectivity index (χ0v) is 12.9. The highest BCUT2D eigenvalue weighted by atomic mass is 16.5. The minimum absolute atomic E-state index is 0.0374. The van der Waals surface area contributed by atoms with Crippen LogP contribution >= 0.6 is 0 Å². The lowest BCUT2D eigenvalue weighted by atomic mass is 10.2. The van der Waals surface area contributed by atoms with Gasteiger partial charge >= 0.3 is 0 Å². The summed E-state index contributed by atoms with van der Waals surface area (Å²) in [5, 5.41) is 13.8. The van der Waals surface area contributed by atoms with E-state index in [2.05, 4.69) is 28.0 Å². The summed E-state index contributed by atoms with van der Waals surface area (Å²) < 4.78 is 11.3. The maximum atomic E-state index is 9.99. The fourth-order valence-electron chi connectivity index (χ4n) is 3.36. The van der Waals surface area contributed by atoms with Gasteiger partial charge in [-0.3, -0.25) is 4.90 Å². The highest BCUT2D eigenvalue weighted by Gasteiger charge is 2.38. The maximum absolute atomic E-state index is 9.99. The number of furan rings is 1. The first-order valence-corrected chi connectivity index (χ1v) is 7.91. The molecule has 4 rings (SSSR count). The van der Waals surface area contributed by atoms with Crippen LogP contribution in [0.2, 0.25) is 0 Å². The molecule has 2 aromatic rings. The fourth-order valence-corrected chi connectivity index (χ4v) is 3.36. The lowest BCUT2D eigenvalue weighted by molar-refractivity contribution is 0.162. The van der Waals surface area contributed by atoms with Crippen molar-refractivity contribution in [2.45, 2.75) is 51.3 Å². The van der Waals surface area contributed by atoms with Crippen LogP contribution in [0.4, 0.5) is 0 Å². The van der Waals surface area contributed by atoms with Crippen LogP contribution in [-0.2, 0) is 6.54 Å². The molecule has 6 heteroatoms. The number of rotatable bonds is 4. The van der Waals surface area contributed by atoms with E-state index in [1.54, 1.807) is 6.92 Å². The van der Waals surface area contributed by atoms with E-state index >= 15 is 0 Å². The Hall–Kier alpha value is -1.66. The van der Waals surface area contributed by atoms with Crippen LogP contribution in [0.1, 0.15) is 55.0 Å². The third-order valence-corrected chi connectivity index (χ3v) is 4.73. The summed E-state index contributed by atoms with van der Waals surface area (Å²) in [5.41, 5.74) is 0. The Morgan fingerprint density at radius 1 is 1.36 bits per heavy atom. The van der Waals surface area contributed by atoms with Gasteiger partial charge in [-0.25, -0.2) is 0 Å². The van der Waals surface area contributed by atoms with Crippen molar-refractivity contribution in [1.29, 1.82) is 0 Å². The number of aliphatic hydroxyl groups is 1. The number of hydrogen-bond donors (Lipinski definition) is 1. The molecule has 1 aliphatic heterocycles. The Balaban J connectivity index is 1.49. The van der Waals surface area contributed by atoms with E-state index in [0.29, 0.717) is 37.1 Å². The molecule has 2 aromatic heterocycles. The molecule has 2 aliphatic rings. The van der Waals surface area contributed by atoms with Crippen molar-refractivity contribution in [2.75, 3.05) is 6.54 Å². The van der Waals surface area contributed by atoms with Gasteiger partial charge in [0.1, 0.15) is 11.5 Å². The van der Waals surface area contributed by atoms with Crippen LogP contribution < -0.4 is 0 Å². The summed E-state index contributed by atoms with van der Waals surface area (Å²) in [6, 6.07) is 4.09. The summed E-state index contributed by atoms with van der Waals surface area (Å²) in [6.07, 6.45) is 1.48. The largest absolute Gasteiger partial charge is 0.464 e. The fraction of sp³-hybridized carbons (Fsp3) is 0.625. The summed E-state index contributed by atoms with van der Waals surface area (Å²) in [4.78, 5) is 6.46. The minimum atomic E-state index is -0.366. The van der Waals surface area contributed by atoms with E-state index in [1.807, 2.05) is 6.07 Å². The lowest BCUT2D eigenvalue weighted by Crippen LogP contribution is -2.24. The van der Waals surface area contributed by atoms with Crippen molar-refractivity contribution in [3.05, 3.63) is 35.4 Å². The van der Waals surface area contributed by atoms with Crippen molar-refractivity contribution in [3.8, 4) is 0 Å². The standard InChI is InChI=1S/C16H21N3O3/c1-9-5-13(9)15-4-3-12(21-15)8-19-7-11(20)6-14(19)16-17-10(2)18-22-16/h3-4,9,11,13-14,20H,5-8H2,1-2H3/t9-,11+,13+,14-/m1/s1. The molecule has 1 aliphatic carbocycles. The summed E-state index contributed by atoms with van der Waals surface area (Å²) in [7, 11) is 0. The predicted molar refractivity (Wildman–Crippen MR) is 78.0 cm³/mol. The van der Waals surface area contributed by atoms with Gasteiger partial charge in [0, 0.05) is 12.5 Å². The van der Waals surface area contributed by atoms with Crippen LogP contribution in [0.3, 0.4) is 0 Å². The van der Waals surface area contributed by atoms with Gasteiger partial charge in [-0.15, -0.1) is 0 Å². The van der Waals surface area contributed by atoms with Crippen molar-refractivity contribution < 1.29 is 14.0 Å². The van der Waals surface area contributed by atoms with Gasteiger partial charge in [-0.1, -0.05) is 12.1 Å². The molecule has 0 spiro atoms. The first-order chi connectivity index (χ1) is 10.6. The van der Waals surface area contributed by atoms with Crippen LogP contribution in [-0.4, -0.2) is 32.8 Å². The van der Waals surface area contributed by atoms with Crippen molar-refractivity contribution in [1.82, 2.24) is 15.0 Å². The second-order valence-corrected chi connectivity index (χ2v) is 6.64. The summed E-state index contributed by atoms with van der Waals surface area (Å²) in [6.45, 7) is 5.31. The number of β-amino-alcohol motifs (C(OH)–C–C–N with tert-alkyl or cyclic N) is 1. The molecule has 0 bridgehead atoms. The Kier molecular flexibility index (Phi) is 3.31. The third-order valence-electron chi connectivity index (χ3n) is 4.73. The van der Waals surface area contributed by atoms with E-state index in [-0.39, 0.29) is 12.1 Å². The van der Waals surface area contributed by atoms with Crippen LogP contribution in [0.15, 0.2) is 21.1 Å². The molecular weight excluding hydrogens is 282 g/mol. The van der Waals surface area contributed by atoms with Crippen molar-refractivity contribution >= 4 is 0 Å². The molecule has 6 nitrogen and oxygen atoms in total. The van der Waals surface area contributed by atoms with E-state index in [4.69, 9.17) is 8.94 Å². The number of nitrogens with zero attached hydrogens (tertiary/aromatic N) is 3. The molecule has 22 heavy (non-hydrogen) atoms. The summed E-state index contributed by atoms with van der Waals surface area (Å²) >= 11 is 0. The van der Waals surface area contributed by atoms with Gasteiger partial charge in [0.2, 0.25) is 5.89 Å². The molecule has 1 N–H and O–H groups in total. The van der Waals surface area contributed by atoms with Gasteiger partial charge in [-0.2, -0.15) is 4.98 Å². The van der Waals surface area contributed by atoms with E-state index in [0.717, 1.165) is 17.4 Å². The van der Waals surface area contributed by atoms with E-state index in [9.17, 15) is 5.11 Å². The zero-order valence-electron chi connectivity index (χ0n) is 12.9. The van der Waals surface area contributed by atoms with E-state index < -0.39 is 0 Å². The van der Waals surface area contributed by atoms with Gasteiger partial charge < -0.3 is 14.0 Å². The average molecular weight is 303 g/mol. The molecule has 0 unspecified atom stereocenters. The van der Waals surface area contributed by atoms with Crippen LogP contribution in [0, 0.1) is 12.8 Å². The molecule has 4 atom stereocenters. The van der Waals surface area contributed by atoms with Gasteiger partial charge in [-0.05, 0) is 37.8 Å². The predicted octanol–water partition coefficient (Wildman–Crippen LogP) is 2.40. The second-order valence-electron chi connectivity index (χ2n) is 6.64. The average Bonchev–Trinajstić information content (AvgIpc) is 2.89. The normalized spacial score (nSPS) is 31.8. The van der Waals surface area contributed by atoms with Crippen molar-refractivity contribution in [2.24, 2.45) is 5.92 Å². The molecule has 2 fully saturated rings. The van der Waals surface area contributed by atoms with E-state index in [1.165, 1.54) is 6.42 Å². The minimum Gasteiger partial charge on any atom is -0.464 e. The van der Waals surface area contributed by atoms with Crippen LogP contribution in [0.25, 0.3) is 0 Å². The molecule has 1 saturated carbocycles. The zero-order chi connectivity index (χ0) is 15.3. The highest BCUT2D eigenvalue weighted by molar-refractivity contribution is 5.18. The first-order valence-electron chi connectivity index (χ1n) is 7.91. The van der Waals surface area contributed by atoms with Crippen molar-refractivity contribution in [3.63, 3.8) is 0 Å². The highest BCUT2D eigenvalue weighted by Crippen LogP contribution is 2.47. The summed E-state index contributed by atoms with van der Waals surface area (Å²) in [5.74, 6) is 4.56. The SMILES string of the molecule is Cc1noc([C@H]2C[C@H](O)CN2Cc2ccc([C@H]3C[C@H]3C)o2)n1. The third kappa shape index (κ3) is 2.57. The van der Waals surface area contributed by atoms with Crippen LogP contribution in [0.5, 0.6) is 0 Å². The van der Waals surface area contributed by atoms with Gasteiger partial charge in [0.25, 0.3) is 0 Å². The Labute approximate surface area is 129 Å². The maximum Gasteiger partial charge on any atom is 0.244 e. The molecule has 0 radical (unpaired) electrons. The number of aryl methyl sites for hydroxylation is 1. The van der Waals surface area contributed by atoms with Gasteiger partial charge in [0.05, 0.1) is 18.7 Å². The molecular formula is C16H21N3O3. The topological polar surface area (TPSA) is 75.5 Å². The smallest absolute Gasteiger partial charge is 0.244 e. The quantitative estimate of drug-likeness (QED) is 0.934. The number of aliphatic hydroxyl groups excluding tert-OH is 1. The monoisotopic (exact) mass is 303 g/mol. The second kappa shape index (κ2) is 5.21. The molecule has 0 aromatic carbocycles. The number of likely N-dealkylation sites (tertiary alicyclic amines) is 1. The molecule has 1 saturated heterocycles. The Morgan fingerprint density at radius 2 is 2.18 bits per heavy atom. The van der Waals surface area contributed by atoms with Gasteiger partial charge in [0.15, 0.2) is 5.82 Å². The molecule has 118 valence electrons. The number of hydrogen-bond acceptors (Lipinski definition) is 6. The Morgan fingerprint density at radius 3 is 2.86 bits per heavy atom.